The fraction of sp³-hybridized carbons (Fsp3) is 0.714. The van der Waals surface area contributed by atoms with E-state index < -0.39 is 24.0 Å². The van der Waals surface area contributed by atoms with Gasteiger partial charge in [-0.15, -0.1) is 0 Å². The van der Waals surface area contributed by atoms with Gasteiger partial charge in [0.05, 0.1) is 0 Å². The van der Waals surface area contributed by atoms with E-state index in [1.165, 1.54) is 37.8 Å². The average molecular weight is 403 g/mol. The van der Waals surface area contributed by atoms with Crippen LogP contribution in [0.5, 0.6) is 5.75 Å². The molecule has 152 valence electrons. The van der Waals surface area contributed by atoms with E-state index in [1.807, 2.05) is 0 Å². The van der Waals surface area contributed by atoms with Crippen molar-refractivity contribution in [2.24, 2.45) is 11.8 Å². The third-order valence-electron chi connectivity index (χ3n) is 6.76. The predicted octanol–water partition coefficient (Wildman–Crippen LogP) is 6.43. The monoisotopic (exact) mass is 402 g/mol. The zero-order valence-corrected chi connectivity index (χ0v) is 17.4. The Morgan fingerprint density at radius 2 is 1.52 bits per heavy atom. The minimum atomic E-state index is -3.16. The van der Waals surface area contributed by atoms with Gasteiger partial charge in [0.2, 0.25) is 5.82 Å². The molecule has 3 rings (SSSR count). The summed E-state index contributed by atoms with van der Waals surface area (Å²) in [6.07, 6.45) is 9.29. The molecule has 2 aliphatic carbocycles. The van der Waals surface area contributed by atoms with E-state index in [0.29, 0.717) is 11.5 Å². The largest absolute Gasteiger partial charge is 0.432 e. The van der Waals surface area contributed by atoms with Gasteiger partial charge in [-0.05, 0) is 55.1 Å². The standard InChI is InChI=1S/C21H30F4OSi/c1-2-27-16-9-7-14(8-10-16)13-3-5-15(6-4-13)17-11-12-18(26-21(24)25)20(23)19(17)22/h11-16,21H,2-10,27H2,1H3. The first kappa shape index (κ1) is 20.7. The lowest BCUT2D eigenvalue weighted by atomic mass is 9.70. The van der Waals surface area contributed by atoms with Crippen molar-refractivity contribution < 1.29 is 22.3 Å². The fourth-order valence-electron chi connectivity index (χ4n) is 5.31. The molecule has 1 aromatic carbocycles. The summed E-state index contributed by atoms with van der Waals surface area (Å²) < 4.78 is 57.0. The number of hydrogen-bond donors (Lipinski definition) is 0. The Balaban J connectivity index is 1.56. The summed E-state index contributed by atoms with van der Waals surface area (Å²) in [4.78, 5) is 0. The number of benzene rings is 1. The van der Waals surface area contributed by atoms with Gasteiger partial charge in [-0.1, -0.05) is 50.3 Å². The molecule has 0 unspecified atom stereocenters. The van der Waals surface area contributed by atoms with Crippen LogP contribution in [0.1, 0.15) is 69.8 Å². The maximum atomic E-state index is 14.4. The maximum absolute atomic E-state index is 14.4. The van der Waals surface area contributed by atoms with E-state index >= 15 is 0 Å². The van der Waals surface area contributed by atoms with Crippen LogP contribution in [0.4, 0.5) is 17.6 Å². The summed E-state index contributed by atoms with van der Waals surface area (Å²) in [5.41, 5.74) is 1.35. The molecule has 0 atom stereocenters. The van der Waals surface area contributed by atoms with Crippen molar-refractivity contribution in [3.8, 4) is 5.75 Å². The number of alkyl halides is 2. The molecule has 6 heteroatoms. The third-order valence-corrected chi connectivity index (χ3v) is 8.97. The van der Waals surface area contributed by atoms with Crippen LogP contribution in [0.15, 0.2) is 12.1 Å². The van der Waals surface area contributed by atoms with Gasteiger partial charge in [0.15, 0.2) is 11.6 Å². The summed E-state index contributed by atoms with van der Waals surface area (Å²) in [5, 5.41) is 0. The quantitative estimate of drug-likeness (QED) is 0.394. The Morgan fingerprint density at radius 1 is 0.926 bits per heavy atom. The SMILES string of the molecule is CC[SiH2]C1CCC(C2CCC(c3ccc(OC(F)F)c(F)c3F)CC2)CC1. The summed E-state index contributed by atoms with van der Waals surface area (Å²) in [6, 6.07) is 3.95. The van der Waals surface area contributed by atoms with E-state index in [9.17, 15) is 17.6 Å². The molecule has 0 aromatic heterocycles. The molecule has 2 aliphatic rings. The van der Waals surface area contributed by atoms with Crippen LogP contribution in [0.2, 0.25) is 11.6 Å². The van der Waals surface area contributed by atoms with Gasteiger partial charge >= 0.3 is 6.61 Å². The first-order valence-corrected chi connectivity index (χ1v) is 12.2. The Hall–Kier alpha value is -1.04. The summed E-state index contributed by atoms with van der Waals surface area (Å²) in [7, 11) is 0.128. The highest BCUT2D eigenvalue weighted by Gasteiger charge is 2.32. The molecule has 0 aliphatic heterocycles. The van der Waals surface area contributed by atoms with E-state index in [4.69, 9.17) is 0 Å². The first-order valence-electron chi connectivity index (χ1n) is 10.4. The van der Waals surface area contributed by atoms with Crippen molar-refractivity contribution in [3.63, 3.8) is 0 Å². The van der Waals surface area contributed by atoms with Crippen LogP contribution in [-0.4, -0.2) is 16.1 Å². The van der Waals surface area contributed by atoms with Gasteiger partial charge in [-0.25, -0.2) is 4.39 Å². The number of halogens is 4. The van der Waals surface area contributed by atoms with Crippen LogP contribution < -0.4 is 4.74 Å². The summed E-state index contributed by atoms with van der Waals surface area (Å²) in [5.74, 6) is -1.56. The van der Waals surface area contributed by atoms with Crippen molar-refractivity contribution in [2.45, 2.75) is 82.4 Å². The van der Waals surface area contributed by atoms with E-state index in [1.54, 1.807) is 0 Å². The van der Waals surface area contributed by atoms with E-state index in [0.717, 1.165) is 43.2 Å². The molecule has 1 nitrogen and oxygen atoms in total. The smallest absolute Gasteiger partial charge is 0.387 e. The van der Waals surface area contributed by atoms with Crippen molar-refractivity contribution in [2.75, 3.05) is 0 Å². The van der Waals surface area contributed by atoms with Gasteiger partial charge in [0.25, 0.3) is 0 Å². The van der Waals surface area contributed by atoms with Crippen LogP contribution in [0, 0.1) is 23.5 Å². The fourth-order valence-corrected chi connectivity index (χ4v) is 7.17. The van der Waals surface area contributed by atoms with Gasteiger partial charge in [-0.3, -0.25) is 0 Å². The first-order chi connectivity index (χ1) is 13.0. The van der Waals surface area contributed by atoms with Gasteiger partial charge in [0.1, 0.15) is 0 Å². The average Bonchev–Trinajstić information content (AvgIpc) is 2.67. The molecule has 27 heavy (non-hydrogen) atoms. The van der Waals surface area contributed by atoms with Gasteiger partial charge < -0.3 is 4.74 Å². The van der Waals surface area contributed by atoms with Crippen LogP contribution in [0.25, 0.3) is 0 Å². The van der Waals surface area contributed by atoms with E-state index in [2.05, 4.69) is 11.7 Å². The number of ether oxygens (including phenoxy) is 1. The van der Waals surface area contributed by atoms with Crippen LogP contribution >= 0.6 is 0 Å². The predicted molar refractivity (Wildman–Crippen MR) is 102 cm³/mol. The zero-order valence-electron chi connectivity index (χ0n) is 16.0. The second-order valence-corrected chi connectivity index (χ2v) is 11.1. The van der Waals surface area contributed by atoms with Crippen LogP contribution in [0.3, 0.4) is 0 Å². The minimum absolute atomic E-state index is 0.0276. The lowest BCUT2D eigenvalue weighted by Crippen LogP contribution is -2.25. The highest BCUT2D eigenvalue weighted by molar-refractivity contribution is 6.37. The molecule has 2 fully saturated rings. The Bertz CT molecular complexity index is 608. The lowest BCUT2D eigenvalue weighted by Gasteiger charge is -2.38. The minimum Gasteiger partial charge on any atom is -0.432 e. The topological polar surface area (TPSA) is 9.23 Å². The molecule has 0 N–H and O–H groups in total. The van der Waals surface area contributed by atoms with Crippen molar-refractivity contribution in [1.82, 2.24) is 0 Å². The number of hydrogen-bond acceptors (Lipinski definition) is 1. The lowest BCUT2D eigenvalue weighted by molar-refractivity contribution is -0.0525. The van der Waals surface area contributed by atoms with E-state index in [-0.39, 0.29) is 15.4 Å². The molecular formula is C21H30F4OSi. The highest BCUT2D eigenvalue weighted by atomic mass is 28.2. The molecule has 0 bridgehead atoms. The highest BCUT2D eigenvalue weighted by Crippen LogP contribution is 2.45. The second-order valence-electron chi connectivity index (χ2n) is 8.34. The van der Waals surface area contributed by atoms with Crippen LogP contribution in [-0.2, 0) is 0 Å². The molecule has 0 heterocycles. The van der Waals surface area contributed by atoms with Crippen molar-refractivity contribution in [1.29, 1.82) is 0 Å². The zero-order chi connectivity index (χ0) is 19.4. The molecule has 0 spiro atoms. The molecule has 1 aromatic rings. The molecule has 0 saturated heterocycles. The van der Waals surface area contributed by atoms with Gasteiger partial charge in [-0.2, -0.15) is 13.2 Å². The molecule has 2 saturated carbocycles. The van der Waals surface area contributed by atoms with Crippen molar-refractivity contribution >= 4 is 9.52 Å². The molecular weight excluding hydrogens is 372 g/mol. The molecule has 0 radical (unpaired) electrons. The Morgan fingerprint density at radius 3 is 2.07 bits per heavy atom. The molecule has 0 amide bonds. The summed E-state index contributed by atoms with van der Waals surface area (Å²) in [6.45, 7) is -0.844. The summed E-state index contributed by atoms with van der Waals surface area (Å²) >= 11 is 0. The second kappa shape index (κ2) is 9.44. The van der Waals surface area contributed by atoms with Gasteiger partial charge in [0, 0.05) is 9.52 Å². The Labute approximate surface area is 161 Å². The maximum Gasteiger partial charge on any atom is 0.387 e. The Kier molecular flexibility index (Phi) is 7.23. The third kappa shape index (κ3) is 5.07. The normalized spacial score (nSPS) is 29.6. The number of rotatable bonds is 6. The van der Waals surface area contributed by atoms with Crippen molar-refractivity contribution in [3.05, 3.63) is 29.3 Å².